The average Bonchev–Trinajstić information content (AvgIpc) is 0.816. The number of nitrogens with zero attached hydrogens (tertiary/aromatic N) is 2. The monoisotopic (exact) mass is 1630 g/mol. The molecule has 0 bridgehead atoms. The molecule has 0 saturated carbocycles. The highest BCUT2D eigenvalue weighted by atomic mass is 16.6. The minimum Gasteiger partial charge on any atom is -0.490 e. The van der Waals surface area contributed by atoms with Crippen LogP contribution in [0.15, 0.2) is 107 Å². The summed E-state index contributed by atoms with van der Waals surface area (Å²) in [6.07, 6.45) is 78.1. The van der Waals surface area contributed by atoms with Crippen LogP contribution < -0.4 is 37.9 Å². The van der Waals surface area contributed by atoms with Gasteiger partial charge in [-0.3, -0.25) is 9.98 Å². The Bertz CT molecular complexity index is 2960. The molecular weight excluding hydrogens is 1460 g/mol. The number of hydrogen-bond acceptors (Lipinski definition) is 12. The Labute approximate surface area is 720 Å². The molecule has 0 amide bonds. The summed E-state index contributed by atoms with van der Waals surface area (Å²) in [4.78, 5) is 38.0. The number of benzene rings is 5. The Morgan fingerprint density at radius 1 is 0.229 bits per heavy atom. The summed E-state index contributed by atoms with van der Waals surface area (Å²) in [6.45, 7) is 16.9. The van der Waals surface area contributed by atoms with Gasteiger partial charge in [-0.15, -0.1) is 0 Å². The zero-order chi connectivity index (χ0) is 83.7. The first-order valence-corrected chi connectivity index (χ1v) is 49.2. The second-order valence-corrected chi connectivity index (χ2v) is 33.7. The molecule has 0 N–H and O–H groups in total. The van der Waals surface area contributed by atoms with Crippen LogP contribution in [0, 0.1) is 0 Å². The first-order valence-electron chi connectivity index (χ1n) is 49.2. The fourth-order valence-corrected chi connectivity index (χ4v) is 15.2. The largest absolute Gasteiger partial charge is 0.490 e. The van der Waals surface area contributed by atoms with E-state index in [2.05, 4.69) is 41.5 Å². The summed E-state index contributed by atoms with van der Waals surface area (Å²) in [5.74, 6) is 3.15. The van der Waals surface area contributed by atoms with Crippen LogP contribution in [0.1, 0.15) is 459 Å². The van der Waals surface area contributed by atoms with Crippen LogP contribution in [0.25, 0.3) is 0 Å². The molecule has 12 heteroatoms. The summed E-state index contributed by atoms with van der Waals surface area (Å²) in [6, 6.07) is 29.7. The number of carbonyl (C=O) groups excluding carboxylic acids is 2. The van der Waals surface area contributed by atoms with E-state index in [9.17, 15) is 9.59 Å². The Balaban J connectivity index is 1.23. The lowest BCUT2D eigenvalue weighted by Crippen LogP contribution is -2.12. The van der Waals surface area contributed by atoms with Crippen molar-refractivity contribution < 1.29 is 47.5 Å². The number of hydrogen-bond donors (Lipinski definition) is 0. The summed E-state index contributed by atoms with van der Waals surface area (Å²) in [7, 11) is 0. The molecule has 0 spiro atoms. The van der Waals surface area contributed by atoms with Crippen LogP contribution in [-0.4, -0.2) is 64.0 Å². The zero-order valence-electron chi connectivity index (χ0n) is 76.0. The van der Waals surface area contributed by atoms with E-state index in [4.69, 9.17) is 47.9 Å². The van der Waals surface area contributed by atoms with Crippen molar-refractivity contribution in [3.05, 3.63) is 119 Å². The highest BCUT2D eigenvalue weighted by molar-refractivity contribution is 5.94. The van der Waals surface area contributed by atoms with E-state index in [1.807, 2.05) is 61.0 Å². The Kier molecular flexibility index (Phi) is 62.0. The van der Waals surface area contributed by atoms with Gasteiger partial charge in [0.25, 0.3) is 0 Å². The van der Waals surface area contributed by atoms with Crippen molar-refractivity contribution in [2.45, 2.75) is 427 Å². The van der Waals surface area contributed by atoms with Crippen LogP contribution in [0.3, 0.4) is 0 Å². The van der Waals surface area contributed by atoms with Gasteiger partial charge in [0, 0.05) is 12.4 Å². The maximum absolute atomic E-state index is 14.2. The lowest BCUT2D eigenvalue weighted by atomic mass is 10.1. The maximum Gasteiger partial charge on any atom is 0.343 e. The fraction of sp³-hybridized carbons (Fsp3) is 0.679. The van der Waals surface area contributed by atoms with Gasteiger partial charge in [0.15, 0.2) is 23.0 Å². The van der Waals surface area contributed by atoms with Gasteiger partial charge in [0.05, 0.1) is 62.1 Å². The minimum atomic E-state index is -0.493. The third-order valence-corrected chi connectivity index (χ3v) is 22.8. The number of ether oxygens (including phenoxy) is 8. The molecule has 118 heavy (non-hydrogen) atoms. The van der Waals surface area contributed by atoms with E-state index in [0.29, 0.717) is 108 Å². The van der Waals surface area contributed by atoms with Crippen LogP contribution >= 0.6 is 0 Å². The molecule has 0 atom stereocenters. The Hall–Kier alpha value is -6.82. The number of rotatable bonds is 80. The molecule has 0 aliphatic rings. The average molecular weight is 1630 g/mol. The van der Waals surface area contributed by atoms with Gasteiger partial charge in [-0.1, -0.05) is 413 Å². The third kappa shape index (κ3) is 50.4. The summed E-state index contributed by atoms with van der Waals surface area (Å²) >= 11 is 0. The SMILES string of the molecule is CCCCCCCCCCCCOc1cc(C(=O)Oc2ccc(N=Cc3ccc(C=Nc4ccc(OC(=O)c5cc(OCCCCCCCCCCCC)c(OCCCCCCCCCCCC)c(OCCCCCCCCCCCC)c5)cc4)cc3)cc2)cc(OCCCCCCCCCCCC)c1OCCCCCCCCCCCC. The summed E-state index contributed by atoms with van der Waals surface area (Å²) in [5, 5.41) is 0. The molecule has 5 aromatic rings. The quantitative estimate of drug-likeness (QED) is 0.0160. The van der Waals surface area contributed by atoms with E-state index in [-0.39, 0.29) is 0 Å². The molecule has 0 saturated heterocycles. The lowest BCUT2D eigenvalue weighted by Gasteiger charge is -2.19. The van der Waals surface area contributed by atoms with Crippen LogP contribution in [0.4, 0.5) is 11.4 Å². The normalized spacial score (nSPS) is 11.5. The van der Waals surface area contributed by atoms with Crippen molar-refractivity contribution in [3.63, 3.8) is 0 Å². The molecular formula is C106H168N2O10. The number of carbonyl (C=O) groups is 2. The molecule has 0 unspecified atom stereocenters. The smallest absolute Gasteiger partial charge is 0.343 e. The molecule has 12 nitrogen and oxygen atoms in total. The first-order chi connectivity index (χ1) is 58.3. The second-order valence-electron chi connectivity index (χ2n) is 33.7. The zero-order valence-corrected chi connectivity index (χ0v) is 76.0. The van der Waals surface area contributed by atoms with Gasteiger partial charge in [0.1, 0.15) is 11.5 Å². The Morgan fingerprint density at radius 3 is 0.602 bits per heavy atom. The summed E-state index contributed by atoms with van der Waals surface area (Å²) in [5.41, 5.74) is 3.98. The minimum absolute atomic E-state index is 0.357. The predicted octanol–water partition coefficient (Wildman–Crippen LogP) is 33.4. The van der Waals surface area contributed by atoms with Crippen molar-refractivity contribution in [3.8, 4) is 46.0 Å². The van der Waals surface area contributed by atoms with E-state index >= 15 is 0 Å². The highest BCUT2D eigenvalue weighted by Gasteiger charge is 2.23. The van der Waals surface area contributed by atoms with Crippen molar-refractivity contribution in [1.29, 1.82) is 0 Å². The number of unbranched alkanes of at least 4 members (excludes halogenated alkanes) is 54. The maximum atomic E-state index is 14.2. The van der Waals surface area contributed by atoms with Gasteiger partial charge < -0.3 is 37.9 Å². The van der Waals surface area contributed by atoms with Gasteiger partial charge in [-0.2, -0.15) is 0 Å². The van der Waals surface area contributed by atoms with Crippen LogP contribution in [0.2, 0.25) is 0 Å². The summed E-state index contributed by atoms with van der Waals surface area (Å²) < 4.78 is 51.9. The topological polar surface area (TPSA) is 133 Å². The van der Waals surface area contributed by atoms with Crippen molar-refractivity contribution in [2.75, 3.05) is 39.6 Å². The molecule has 0 aliphatic heterocycles. The predicted molar refractivity (Wildman–Crippen MR) is 501 cm³/mol. The molecule has 0 heterocycles. The van der Waals surface area contributed by atoms with Crippen molar-refractivity contribution >= 4 is 35.7 Å². The molecule has 0 aromatic heterocycles. The van der Waals surface area contributed by atoms with Crippen molar-refractivity contribution in [2.24, 2.45) is 9.98 Å². The second kappa shape index (κ2) is 71.9. The third-order valence-electron chi connectivity index (χ3n) is 22.8. The molecule has 0 radical (unpaired) electrons. The van der Waals surface area contributed by atoms with E-state index < -0.39 is 11.9 Å². The van der Waals surface area contributed by atoms with Gasteiger partial charge in [-0.05, 0) is 122 Å². The van der Waals surface area contributed by atoms with Crippen LogP contribution in [-0.2, 0) is 0 Å². The number of esters is 2. The molecule has 5 aromatic carbocycles. The highest BCUT2D eigenvalue weighted by Crippen LogP contribution is 2.42. The first kappa shape index (κ1) is 102. The lowest BCUT2D eigenvalue weighted by molar-refractivity contribution is 0.0724. The number of aliphatic imine (C=N–C) groups is 2. The van der Waals surface area contributed by atoms with E-state index in [1.165, 1.54) is 308 Å². The fourth-order valence-electron chi connectivity index (χ4n) is 15.2. The molecule has 662 valence electrons. The van der Waals surface area contributed by atoms with Crippen LogP contribution in [0.5, 0.6) is 46.0 Å². The van der Waals surface area contributed by atoms with Gasteiger partial charge >= 0.3 is 11.9 Å². The Morgan fingerprint density at radius 2 is 0.407 bits per heavy atom. The molecule has 5 rings (SSSR count). The van der Waals surface area contributed by atoms with E-state index in [0.717, 1.165) is 88.2 Å². The van der Waals surface area contributed by atoms with E-state index in [1.54, 1.807) is 48.5 Å². The molecule has 0 fully saturated rings. The molecule has 0 aliphatic carbocycles. The van der Waals surface area contributed by atoms with Crippen molar-refractivity contribution in [1.82, 2.24) is 0 Å². The van der Waals surface area contributed by atoms with Gasteiger partial charge in [0.2, 0.25) is 11.5 Å². The standard InChI is InChI=1S/C106H168N2O10/c1-7-13-19-25-31-37-43-49-55-61-79-111-99-85-93(86-100(112-80-62-56-50-44-38-32-26-20-14-8-2)103(99)115-83-65-59-53-47-41-35-29-23-17-11-5)105(109)117-97-75-71-95(72-76-97)107-89-91-67-69-92(70-68-91)90-108-96-73-77-98(78-74-96)118-106(110)94-87-101(113-81-63-57-51-45-39-33-27-21-15-9-3)104(116-84-66-60-54-48-42-36-30-24-18-12-6)102(88-94)114-82-64-58-52-46-40-34-28-22-16-10-4/h67-78,85-90H,7-66,79-84H2,1-6H3. The van der Waals surface area contributed by atoms with Gasteiger partial charge in [-0.25, -0.2) is 9.59 Å².